The minimum absolute atomic E-state index is 0.247. The summed E-state index contributed by atoms with van der Waals surface area (Å²) >= 11 is 12.0. The second-order valence-corrected chi connectivity index (χ2v) is 5.72. The quantitative estimate of drug-likeness (QED) is 0.821. The third kappa shape index (κ3) is 3.73. The molecule has 2 atom stereocenters. The van der Waals surface area contributed by atoms with Gasteiger partial charge in [-0.15, -0.1) is 11.6 Å². The first kappa shape index (κ1) is 14.4. The topological polar surface area (TPSA) is 20.2 Å². The Labute approximate surface area is 123 Å². The molecule has 0 heterocycles. The fourth-order valence-electron chi connectivity index (χ4n) is 1.92. The standard InChI is InChI=1S/C16H16Cl2O/c1-11(17)16(19)10-12-6-8-13(9-7-12)14-4-2-3-5-15(14)18/h2-9,11,16,19H,10H2,1H3. The van der Waals surface area contributed by atoms with Gasteiger partial charge in [-0.3, -0.25) is 0 Å². The Morgan fingerprint density at radius 2 is 1.68 bits per heavy atom. The van der Waals surface area contributed by atoms with Crippen molar-refractivity contribution in [3.8, 4) is 11.1 Å². The molecular formula is C16H16Cl2O. The maximum atomic E-state index is 9.76. The molecule has 0 saturated carbocycles. The Balaban J connectivity index is 2.17. The number of rotatable bonds is 4. The van der Waals surface area contributed by atoms with Crippen LogP contribution in [-0.4, -0.2) is 16.6 Å². The Morgan fingerprint density at radius 1 is 1.05 bits per heavy atom. The van der Waals surface area contributed by atoms with Crippen LogP contribution < -0.4 is 0 Å². The number of halogens is 2. The largest absolute Gasteiger partial charge is 0.391 e. The van der Waals surface area contributed by atoms with Crippen LogP contribution >= 0.6 is 23.2 Å². The van der Waals surface area contributed by atoms with Crippen LogP contribution in [0, 0.1) is 0 Å². The fraction of sp³-hybridized carbons (Fsp3) is 0.250. The van der Waals surface area contributed by atoms with Gasteiger partial charge in [0, 0.05) is 10.6 Å². The molecule has 0 aliphatic heterocycles. The Hall–Kier alpha value is -1.02. The van der Waals surface area contributed by atoms with E-state index in [2.05, 4.69) is 0 Å². The van der Waals surface area contributed by atoms with Gasteiger partial charge in [-0.2, -0.15) is 0 Å². The van der Waals surface area contributed by atoms with Crippen molar-refractivity contribution in [1.29, 1.82) is 0 Å². The molecule has 0 amide bonds. The van der Waals surface area contributed by atoms with Crippen molar-refractivity contribution in [3.05, 3.63) is 59.1 Å². The molecule has 0 radical (unpaired) electrons. The highest BCUT2D eigenvalue weighted by Gasteiger charge is 2.11. The van der Waals surface area contributed by atoms with E-state index < -0.39 is 6.10 Å². The summed E-state index contributed by atoms with van der Waals surface area (Å²) < 4.78 is 0. The van der Waals surface area contributed by atoms with Crippen LogP contribution in [-0.2, 0) is 6.42 Å². The molecule has 19 heavy (non-hydrogen) atoms. The first-order valence-electron chi connectivity index (χ1n) is 6.24. The van der Waals surface area contributed by atoms with Crippen molar-refractivity contribution in [3.63, 3.8) is 0 Å². The predicted octanol–water partition coefficient (Wildman–Crippen LogP) is 4.54. The van der Waals surface area contributed by atoms with E-state index in [1.165, 1.54) is 0 Å². The van der Waals surface area contributed by atoms with Gasteiger partial charge in [0.2, 0.25) is 0 Å². The Morgan fingerprint density at radius 3 is 2.26 bits per heavy atom. The second kappa shape index (κ2) is 6.42. The highest BCUT2D eigenvalue weighted by atomic mass is 35.5. The second-order valence-electron chi connectivity index (χ2n) is 4.63. The molecule has 0 saturated heterocycles. The van der Waals surface area contributed by atoms with Crippen LogP contribution in [0.4, 0.5) is 0 Å². The fourth-order valence-corrected chi connectivity index (χ4v) is 2.25. The molecular weight excluding hydrogens is 279 g/mol. The first-order valence-corrected chi connectivity index (χ1v) is 7.05. The van der Waals surface area contributed by atoms with Gasteiger partial charge >= 0.3 is 0 Å². The van der Waals surface area contributed by atoms with Crippen molar-refractivity contribution < 1.29 is 5.11 Å². The van der Waals surface area contributed by atoms with Crippen LogP contribution in [0.25, 0.3) is 11.1 Å². The summed E-state index contributed by atoms with van der Waals surface area (Å²) in [5.74, 6) is 0. The molecule has 2 unspecified atom stereocenters. The minimum Gasteiger partial charge on any atom is -0.391 e. The molecule has 0 bridgehead atoms. The number of aliphatic hydroxyl groups excluding tert-OH is 1. The van der Waals surface area contributed by atoms with Crippen LogP contribution in [0.15, 0.2) is 48.5 Å². The molecule has 1 nitrogen and oxygen atoms in total. The summed E-state index contributed by atoms with van der Waals surface area (Å²) in [6, 6.07) is 15.8. The average molecular weight is 295 g/mol. The number of hydrogen-bond donors (Lipinski definition) is 1. The highest BCUT2D eigenvalue weighted by molar-refractivity contribution is 6.33. The van der Waals surface area contributed by atoms with E-state index in [1.807, 2.05) is 48.5 Å². The van der Waals surface area contributed by atoms with Gasteiger partial charge in [-0.05, 0) is 30.5 Å². The molecule has 0 spiro atoms. The molecule has 3 heteroatoms. The third-order valence-corrected chi connectivity index (χ3v) is 3.73. The number of hydrogen-bond acceptors (Lipinski definition) is 1. The van der Waals surface area contributed by atoms with E-state index in [4.69, 9.17) is 23.2 Å². The lowest BCUT2D eigenvalue weighted by Gasteiger charge is -2.13. The lowest BCUT2D eigenvalue weighted by atomic mass is 10.0. The number of aliphatic hydroxyl groups is 1. The summed E-state index contributed by atoms with van der Waals surface area (Å²) in [4.78, 5) is 0. The predicted molar refractivity (Wildman–Crippen MR) is 81.9 cm³/mol. The summed E-state index contributed by atoms with van der Waals surface area (Å²) in [5, 5.41) is 10.3. The lowest BCUT2D eigenvalue weighted by Crippen LogP contribution is -2.20. The first-order chi connectivity index (χ1) is 9.08. The van der Waals surface area contributed by atoms with Gasteiger partial charge < -0.3 is 5.11 Å². The van der Waals surface area contributed by atoms with Crippen molar-refractivity contribution in [2.75, 3.05) is 0 Å². The SMILES string of the molecule is CC(Cl)C(O)Cc1ccc(-c2ccccc2Cl)cc1. The summed E-state index contributed by atoms with van der Waals surface area (Å²) in [6.07, 6.45) is 0.0424. The molecule has 0 aromatic heterocycles. The van der Waals surface area contributed by atoms with Crippen LogP contribution in [0.3, 0.4) is 0 Å². The summed E-state index contributed by atoms with van der Waals surface area (Å²) in [5.41, 5.74) is 3.15. The van der Waals surface area contributed by atoms with Gasteiger partial charge in [0.1, 0.15) is 0 Å². The molecule has 2 aromatic carbocycles. The minimum atomic E-state index is -0.521. The zero-order valence-electron chi connectivity index (χ0n) is 10.7. The number of benzene rings is 2. The summed E-state index contributed by atoms with van der Waals surface area (Å²) in [6.45, 7) is 1.80. The van der Waals surface area contributed by atoms with Crippen molar-refractivity contribution in [2.45, 2.75) is 24.8 Å². The number of alkyl halides is 1. The van der Waals surface area contributed by atoms with Crippen LogP contribution in [0.2, 0.25) is 5.02 Å². The third-order valence-electron chi connectivity index (χ3n) is 3.11. The van der Waals surface area contributed by atoms with Crippen LogP contribution in [0.1, 0.15) is 12.5 Å². The van der Waals surface area contributed by atoms with E-state index >= 15 is 0 Å². The molecule has 100 valence electrons. The van der Waals surface area contributed by atoms with Gasteiger partial charge in [0.15, 0.2) is 0 Å². The maximum Gasteiger partial charge on any atom is 0.0741 e. The van der Waals surface area contributed by atoms with Gasteiger partial charge in [0.05, 0.1) is 11.5 Å². The smallest absolute Gasteiger partial charge is 0.0741 e. The normalized spacial score (nSPS) is 14.1. The van der Waals surface area contributed by atoms with E-state index in [9.17, 15) is 5.11 Å². The highest BCUT2D eigenvalue weighted by Crippen LogP contribution is 2.27. The van der Waals surface area contributed by atoms with Crippen molar-refractivity contribution in [1.82, 2.24) is 0 Å². The maximum absolute atomic E-state index is 9.76. The lowest BCUT2D eigenvalue weighted by molar-refractivity contribution is 0.174. The molecule has 1 N–H and O–H groups in total. The van der Waals surface area contributed by atoms with Crippen LogP contribution in [0.5, 0.6) is 0 Å². The van der Waals surface area contributed by atoms with E-state index in [0.717, 1.165) is 21.7 Å². The van der Waals surface area contributed by atoms with E-state index in [1.54, 1.807) is 6.92 Å². The monoisotopic (exact) mass is 294 g/mol. The zero-order valence-corrected chi connectivity index (χ0v) is 12.2. The van der Waals surface area contributed by atoms with Gasteiger partial charge in [-0.25, -0.2) is 0 Å². The van der Waals surface area contributed by atoms with Crippen molar-refractivity contribution in [2.24, 2.45) is 0 Å². The van der Waals surface area contributed by atoms with Gasteiger partial charge in [-0.1, -0.05) is 54.1 Å². The molecule has 0 aliphatic rings. The Kier molecular flexibility index (Phi) is 4.87. The van der Waals surface area contributed by atoms with Gasteiger partial charge in [0.25, 0.3) is 0 Å². The average Bonchev–Trinajstić information content (AvgIpc) is 2.40. The van der Waals surface area contributed by atoms with E-state index in [-0.39, 0.29) is 5.38 Å². The summed E-state index contributed by atoms with van der Waals surface area (Å²) in [7, 11) is 0. The molecule has 2 rings (SSSR count). The van der Waals surface area contributed by atoms with E-state index in [0.29, 0.717) is 6.42 Å². The zero-order chi connectivity index (χ0) is 13.8. The molecule has 0 fully saturated rings. The molecule has 2 aromatic rings. The molecule has 0 aliphatic carbocycles. The van der Waals surface area contributed by atoms with Crippen molar-refractivity contribution >= 4 is 23.2 Å². The Bertz CT molecular complexity index is 535.